The molecule has 2 unspecified atom stereocenters. The Morgan fingerprint density at radius 3 is 2.63 bits per heavy atom. The van der Waals surface area contributed by atoms with Crippen LogP contribution in [0.2, 0.25) is 0 Å². The first-order chi connectivity index (χ1) is 9.04. The minimum Gasteiger partial charge on any atom is -0.295 e. The Bertz CT molecular complexity index is 634. The molecule has 0 fully saturated rings. The van der Waals surface area contributed by atoms with E-state index in [1.165, 1.54) is 0 Å². The Hall–Kier alpha value is -1.35. The van der Waals surface area contributed by atoms with Gasteiger partial charge in [0.05, 0.1) is 16.3 Å². The maximum absolute atomic E-state index is 12.6. The molecule has 1 heterocycles. The quantitative estimate of drug-likeness (QED) is 0.799. The molecule has 4 heteroatoms. The summed E-state index contributed by atoms with van der Waals surface area (Å²) in [6.45, 7) is 6.77. The minimum atomic E-state index is -0.277. The normalized spacial score (nSPS) is 14.5. The van der Waals surface area contributed by atoms with Crippen LogP contribution in [-0.2, 0) is 6.54 Å². The van der Waals surface area contributed by atoms with Gasteiger partial charge in [-0.25, -0.2) is 4.98 Å². The molecule has 0 aliphatic heterocycles. The number of halogens is 1. The largest absolute Gasteiger partial charge is 0.295 e. The highest BCUT2D eigenvalue weighted by molar-refractivity contribution is 6.20. The third-order valence-electron chi connectivity index (χ3n) is 3.44. The molecule has 19 heavy (non-hydrogen) atoms. The van der Waals surface area contributed by atoms with Crippen molar-refractivity contribution in [2.45, 2.75) is 39.1 Å². The standard InChI is InChI=1S/C15H19ClN2O/c1-4-10(2)9-18-14(11(3)16)17-13-8-6-5-7-12(13)15(18)19/h5-8,10-11H,4,9H2,1-3H3. The summed E-state index contributed by atoms with van der Waals surface area (Å²) in [5.74, 6) is 1.08. The molecule has 1 aromatic carbocycles. The first kappa shape index (κ1) is 14.1. The molecule has 2 rings (SSSR count). The summed E-state index contributed by atoms with van der Waals surface area (Å²) in [7, 11) is 0. The van der Waals surface area contributed by atoms with Gasteiger partial charge < -0.3 is 0 Å². The van der Waals surface area contributed by atoms with E-state index in [-0.39, 0.29) is 10.9 Å². The molecule has 0 aliphatic carbocycles. The molecular weight excluding hydrogens is 260 g/mol. The predicted octanol–water partition coefficient (Wildman–Crippen LogP) is 3.74. The van der Waals surface area contributed by atoms with Crippen LogP contribution in [0.5, 0.6) is 0 Å². The Morgan fingerprint density at radius 2 is 2.00 bits per heavy atom. The second kappa shape index (κ2) is 5.74. The highest BCUT2D eigenvalue weighted by atomic mass is 35.5. The van der Waals surface area contributed by atoms with Gasteiger partial charge in [0.15, 0.2) is 0 Å². The van der Waals surface area contributed by atoms with E-state index in [1.807, 2.05) is 31.2 Å². The van der Waals surface area contributed by atoms with Crippen molar-refractivity contribution in [3.8, 4) is 0 Å². The smallest absolute Gasteiger partial charge is 0.261 e. The zero-order valence-corrected chi connectivity index (χ0v) is 12.3. The van der Waals surface area contributed by atoms with Crippen molar-refractivity contribution in [2.75, 3.05) is 0 Å². The van der Waals surface area contributed by atoms with Crippen LogP contribution in [0.3, 0.4) is 0 Å². The van der Waals surface area contributed by atoms with Gasteiger partial charge >= 0.3 is 0 Å². The number of nitrogens with zero attached hydrogens (tertiary/aromatic N) is 2. The first-order valence-electron chi connectivity index (χ1n) is 6.68. The van der Waals surface area contributed by atoms with E-state index in [0.717, 1.165) is 11.9 Å². The van der Waals surface area contributed by atoms with E-state index in [1.54, 1.807) is 4.57 Å². The molecular formula is C15H19ClN2O. The Labute approximate surface area is 118 Å². The number of hydrogen-bond donors (Lipinski definition) is 0. The lowest BCUT2D eigenvalue weighted by atomic mass is 10.1. The van der Waals surface area contributed by atoms with Gasteiger partial charge in [0, 0.05) is 6.54 Å². The average Bonchev–Trinajstić information content (AvgIpc) is 2.41. The molecule has 102 valence electrons. The Morgan fingerprint density at radius 1 is 1.32 bits per heavy atom. The van der Waals surface area contributed by atoms with Crippen molar-refractivity contribution in [1.82, 2.24) is 9.55 Å². The van der Waals surface area contributed by atoms with Crippen LogP contribution in [0.1, 0.15) is 38.4 Å². The fraction of sp³-hybridized carbons (Fsp3) is 0.467. The number of fused-ring (bicyclic) bond motifs is 1. The van der Waals surface area contributed by atoms with Crippen molar-refractivity contribution in [2.24, 2.45) is 5.92 Å². The molecule has 1 aromatic heterocycles. The van der Waals surface area contributed by atoms with Gasteiger partial charge in [0.25, 0.3) is 5.56 Å². The monoisotopic (exact) mass is 278 g/mol. The lowest BCUT2D eigenvalue weighted by molar-refractivity contribution is 0.445. The molecule has 0 amide bonds. The van der Waals surface area contributed by atoms with Crippen LogP contribution in [0.25, 0.3) is 10.9 Å². The van der Waals surface area contributed by atoms with Crippen molar-refractivity contribution in [3.05, 3.63) is 40.4 Å². The minimum absolute atomic E-state index is 0.00778. The van der Waals surface area contributed by atoms with Gasteiger partial charge in [-0.2, -0.15) is 0 Å². The summed E-state index contributed by atoms with van der Waals surface area (Å²) in [4.78, 5) is 17.1. The molecule has 0 N–H and O–H groups in total. The third kappa shape index (κ3) is 2.81. The molecule has 0 saturated heterocycles. The fourth-order valence-corrected chi connectivity index (χ4v) is 2.27. The number of rotatable bonds is 4. The van der Waals surface area contributed by atoms with Crippen LogP contribution >= 0.6 is 11.6 Å². The highest BCUT2D eigenvalue weighted by Gasteiger charge is 2.15. The van der Waals surface area contributed by atoms with Crippen molar-refractivity contribution >= 4 is 22.5 Å². The van der Waals surface area contributed by atoms with Crippen LogP contribution in [0.4, 0.5) is 0 Å². The van der Waals surface area contributed by atoms with Crippen molar-refractivity contribution in [1.29, 1.82) is 0 Å². The van der Waals surface area contributed by atoms with Gasteiger partial charge in [-0.1, -0.05) is 32.4 Å². The lowest BCUT2D eigenvalue weighted by Gasteiger charge is -2.17. The second-order valence-electron chi connectivity index (χ2n) is 5.03. The Balaban J connectivity index is 2.68. The molecule has 0 radical (unpaired) electrons. The molecule has 2 aromatic rings. The number of benzene rings is 1. The fourth-order valence-electron chi connectivity index (χ4n) is 2.11. The van der Waals surface area contributed by atoms with Crippen LogP contribution in [0, 0.1) is 5.92 Å². The van der Waals surface area contributed by atoms with Gasteiger partial charge in [0.2, 0.25) is 0 Å². The van der Waals surface area contributed by atoms with Crippen LogP contribution in [-0.4, -0.2) is 9.55 Å². The van der Waals surface area contributed by atoms with E-state index >= 15 is 0 Å². The lowest BCUT2D eigenvalue weighted by Crippen LogP contribution is -2.28. The SMILES string of the molecule is CCC(C)Cn1c(C(C)Cl)nc2ccccc2c1=O. The van der Waals surface area contributed by atoms with E-state index in [0.29, 0.717) is 23.7 Å². The average molecular weight is 279 g/mol. The molecule has 0 aliphatic rings. The molecule has 3 nitrogen and oxygen atoms in total. The third-order valence-corrected chi connectivity index (χ3v) is 3.63. The van der Waals surface area contributed by atoms with E-state index in [9.17, 15) is 4.79 Å². The van der Waals surface area contributed by atoms with Gasteiger partial charge in [0.1, 0.15) is 5.82 Å². The number of hydrogen-bond acceptors (Lipinski definition) is 2. The zero-order chi connectivity index (χ0) is 14.0. The summed E-state index contributed by atoms with van der Waals surface area (Å²) < 4.78 is 1.73. The van der Waals surface area contributed by atoms with E-state index in [4.69, 9.17) is 11.6 Å². The summed E-state index contributed by atoms with van der Waals surface area (Å²) >= 11 is 6.19. The highest BCUT2D eigenvalue weighted by Crippen LogP contribution is 2.20. The number of alkyl halides is 1. The molecule has 2 atom stereocenters. The molecule has 0 spiro atoms. The summed E-state index contributed by atoms with van der Waals surface area (Å²) in [5, 5.41) is 0.383. The Kier molecular flexibility index (Phi) is 4.25. The van der Waals surface area contributed by atoms with E-state index < -0.39 is 0 Å². The van der Waals surface area contributed by atoms with Gasteiger partial charge in [-0.3, -0.25) is 9.36 Å². The maximum atomic E-state index is 12.6. The van der Waals surface area contributed by atoms with Gasteiger partial charge in [-0.05, 0) is 25.0 Å². The summed E-state index contributed by atoms with van der Waals surface area (Å²) in [6, 6.07) is 7.42. The second-order valence-corrected chi connectivity index (χ2v) is 5.69. The summed E-state index contributed by atoms with van der Waals surface area (Å²) in [5.41, 5.74) is 0.726. The van der Waals surface area contributed by atoms with Crippen LogP contribution < -0.4 is 5.56 Å². The van der Waals surface area contributed by atoms with E-state index in [2.05, 4.69) is 18.8 Å². The zero-order valence-electron chi connectivity index (χ0n) is 11.6. The molecule has 0 saturated carbocycles. The number of aromatic nitrogens is 2. The number of para-hydroxylation sites is 1. The van der Waals surface area contributed by atoms with Crippen LogP contribution in [0.15, 0.2) is 29.1 Å². The van der Waals surface area contributed by atoms with Gasteiger partial charge in [-0.15, -0.1) is 11.6 Å². The predicted molar refractivity (Wildman–Crippen MR) is 79.7 cm³/mol. The topological polar surface area (TPSA) is 34.9 Å². The summed E-state index contributed by atoms with van der Waals surface area (Å²) in [6.07, 6.45) is 1.02. The maximum Gasteiger partial charge on any atom is 0.261 e. The first-order valence-corrected chi connectivity index (χ1v) is 7.11. The van der Waals surface area contributed by atoms with Crippen molar-refractivity contribution < 1.29 is 0 Å². The van der Waals surface area contributed by atoms with Crippen molar-refractivity contribution in [3.63, 3.8) is 0 Å². The molecule has 0 bridgehead atoms.